The van der Waals surface area contributed by atoms with Crippen LogP contribution in [0.4, 0.5) is 0 Å². The van der Waals surface area contributed by atoms with Crippen LogP contribution in [0.1, 0.15) is 30.0 Å². The molecule has 0 spiro atoms. The molecule has 1 amide bonds. The van der Waals surface area contributed by atoms with Crippen LogP contribution in [0.15, 0.2) is 18.2 Å². The monoisotopic (exact) mass is 267 g/mol. The number of nitrogens with zero attached hydrogens (tertiary/aromatic N) is 1. The Balaban J connectivity index is 2.36. The van der Waals surface area contributed by atoms with Gasteiger partial charge in [0.05, 0.1) is 0 Å². The van der Waals surface area contributed by atoms with Gasteiger partial charge < -0.3 is 10.0 Å². The van der Waals surface area contributed by atoms with E-state index in [1.165, 1.54) is 4.90 Å². The van der Waals surface area contributed by atoms with Crippen molar-refractivity contribution in [3.63, 3.8) is 0 Å². The van der Waals surface area contributed by atoms with E-state index in [1.807, 2.05) is 6.92 Å². The first-order valence-electron chi connectivity index (χ1n) is 5.76. The largest absolute Gasteiger partial charge is 0.479 e. The second-order valence-corrected chi connectivity index (χ2v) is 4.94. The molecule has 0 heterocycles. The number of rotatable bonds is 5. The highest BCUT2D eigenvalue weighted by Gasteiger charge is 2.37. The van der Waals surface area contributed by atoms with Crippen LogP contribution < -0.4 is 0 Å². The van der Waals surface area contributed by atoms with Crippen LogP contribution >= 0.6 is 11.6 Å². The van der Waals surface area contributed by atoms with Crippen molar-refractivity contribution in [3.05, 3.63) is 34.3 Å². The van der Waals surface area contributed by atoms with Crippen molar-refractivity contribution in [2.24, 2.45) is 0 Å². The summed E-state index contributed by atoms with van der Waals surface area (Å²) in [5.74, 6) is -1.03. The summed E-state index contributed by atoms with van der Waals surface area (Å²) in [5, 5.41) is 9.84. The van der Waals surface area contributed by atoms with E-state index in [0.717, 1.165) is 18.4 Å². The van der Waals surface area contributed by atoms with Crippen molar-refractivity contribution in [2.45, 2.75) is 31.8 Å². The molecule has 1 aliphatic rings. The van der Waals surface area contributed by atoms with Crippen LogP contribution in [-0.2, 0) is 9.59 Å². The fourth-order valence-corrected chi connectivity index (χ4v) is 2.14. The summed E-state index contributed by atoms with van der Waals surface area (Å²) in [6.07, 6.45) is 2.34. The van der Waals surface area contributed by atoms with Gasteiger partial charge in [0, 0.05) is 11.1 Å². The summed E-state index contributed by atoms with van der Waals surface area (Å²) in [5.41, 5.74) is 1.42. The average Bonchev–Trinajstić information content (AvgIpc) is 3.13. The molecule has 18 heavy (non-hydrogen) atoms. The molecular weight excluding hydrogens is 254 g/mol. The van der Waals surface area contributed by atoms with Crippen molar-refractivity contribution in [1.82, 2.24) is 4.90 Å². The van der Waals surface area contributed by atoms with Crippen molar-refractivity contribution < 1.29 is 14.7 Å². The van der Waals surface area contributed by atoms with Gasteiger partial charge in [-0.25, -0.2) is 4.79 Å². The van der Waals surface area contributed by atoms with Crippen molar-refractivity contribution in [3.8, 4) is 0 Å². The predicted molar refractivity (Wildman–Crippen MR) is 67.5 cm³/mol. The Hall–Kier alpha value is -1.55. The van der Waals surface area contributed by atoms with Crippen LogP contribution in [0.3, 0.4) is 0 Å². The Morgan fingerprint density at radius 3 is 2.67 bits per heavy atom. The lowest BCUT2D eigenvalue weighted by molar-refractivity contribution is -0.147. The van der Waals surface area contributed by atoms with Gasteiger partial charge in [-0.05, 0) is 37.0 Å². The van der Waals surface area contributed by atoms with Gasteiger partial charge >= 0.3 is 5.97 Å². The molecule has 1 atom stereocenters. The van der Waals surface area contributed by atoms with Gasteiger partial charge in [-0.1, -0.05) is 23.7 Å². The third-order valence-electron chi connectivity index (χ3n) is 3.13. The normalized spacial score (nSPS) is 16.1. The van der Waals surface area contributed by atoms with Crippen LogP contribution in [-0.4, -0.2) is 28.4 Å². The number of aryl methyl sites for hydroxylation is 1. The van der Waals surface area contributed by atoms with E-state index in [0.29, 0.717) is 17.0 Å². The fraction of sp³-hybridized carbons (Fsp3) is 0.385. The zero-order valence-corrected chi connectivity index (χ0v) is 10.7. The standard InChI is InChI=1S/C13H14ClNO3/c1-8-2-3-9(6-11(8)14)12(13(17)18)15(7-16)10-4-5-10/h2-3,6-7,10,12H,4-5H2,1H3,(H,17,18). The third-order valence-corrected chi connectivity index (χ3v) is 3.54. The molecule has 1 aliphatic carbocycles. The lowest BCUT2D eigenvalue weighted by Gasteiger charge is -2.25. The topological polar surface area (TPSA) is 57.6 Å². The van der Waals surface area contributed by atoms with E-state index < -0.39 is 12.0 Å². The molecule has 2 rings (SSSR count). The van der Waals surface area contributed by atoms with Gasteiger partial charge in [-0.15, -0.1) is 0 Å². The summed E-state index contributed by atoms with van der Waals surface area (Å²) in [4.78, 5) is 23.8. The van der Waals surface area contributed by atoms with E-state index >= 15 is 0 Å². The average molecular weight is 268 g/mol. The number of hydrogen-bond acceptors (Lipinski definition) is 2. The van der Waals surface area contributed by atoms with E-state index in [9.17, 15) is 14.7 Å². The maximum atomic E-state index is 11.4. The number of amides is 1. The molecular formula is C13H14ClNO3. The molecule has 1 saturated carbocycles. The Morgan fingerprint density at radius 2 is 2.22 bits per heavy atom. The SMILES string of the molecule is Cc1ccc(C(C(=O)O)N(C=O)C2CC2)cc1Cl. The summed E-state index contributed by atoms with van der Waals surface area (Å²) >= 11 is 6.01. The smallest absolute Gasteiger partial charge is 0.331 e. The molecule has 1 unspecified atom stereocenters. The molecule has 1 aromatic carbocycles. The Bertz CT molecular complexity index is 485. The van der Waals surface area contributed by atoms with Gasteiger partial charge in [-0.3, -0.25) is 4.79 Å². The first-order chi connectivity index (χ1) is 8.54. The highest BCUT2D eigenvalue weighted by Crippen LogP contribution is 2.34. The minimum atomic E-state index is -1.03. The number of hydrogen-bond donors (Lipinski definition) is 1. The highest BCUT2D eigenvalue weighted by molar-refractivity contribution is 6.31. The van der Waals surface area contributed by atoms with Crippen LogP contribution in [0.5, 0.6) is 0 Å². The first-order valence-corrected chi connectivity index (χ1v) is 6.14. The Morgan fingerprint density at radius 1 is 1.56 bits per heavy atom. The summed E-state index contributed by atoms with van der Waals surface area (Å²) in [6.45, 7) is 1.85. The number of aliphatic carboxylic acids is 1. The molecule has 4 nitrogen and oxygen atoms in total. The maximum absolute atomic E-state index is 11.4. The van der Waals surface area contributed by atoms with Crippen molar-refractivity contribution in [2.75, 3.05) is 0 Å². The first kappa shape index (κ1) is 12.9. The molecule has 0 aromatic heterocycles. The number of carboxylic acids is 1. The molecule has 5 heteroatoms. The van der Waals surface area contributed by atoms with Gasteiger partial charge in [0.15, 0.2) is 6.04 Å². The molecule has 96 valence electrons. The van der Waals surface area contributed by atoms with Crippen molar-refractivity contribution >= 4 is 24.0 Å². The number of benzene rings is 1. The third kappa shape index (κ3) is 2.48. The molecule has 0 bridgehead atoms. The summed E-state index contributed by atoms with van der Waals surface area (Å²) < 4.78 is 0. The minimum absolute atomic E-state index is 0.0451. The summed E-state index contributed by atoms with van der Waals surface area (Å²) in [6, 6.07) is 4.19. The van der Waals surface area contributed by atoms with Gasteiger partial charge in [0.2, 0.25) is 6.41 Å². The van der Waals surface area contributed by atoms with Crippen molar-refractivity contribution in [1.29, 1.82) is 0 Å². The molecule has 1 fully saturated rings. The van der Waals surface area contributed by atoms with Gasteiger partial charge in [-0.2, -0.15) is 0 Å². The zero-order valence-electron chi connectivity index (χ0n) is 9.97. The molecule has 1 N–H and O–H groups in total. The van der Waals surface area contributed by atoms with Crippen LogP contribution in [0.25, 0.3) is 0 Å². The second-order valence-electron chi connectivity index (χ2n) is 4.53. The molecule has 1 aromatic rings. The lowest BCUT2D eigenvalue weighted by atomic mass is 10.0. The summed E-state index contributed by atoms with van der Waals surface area (Å²) in [7, 11) is 0. The molecule has 0 radical (unpaired) electrons. The Labute approximate surface area is 110 Å². The number of carboxylic acid groups (broad SMARTS) is 1. The van der Waals surface area contributed by atoms with Gasteiger partial charge in [0.25, 0.3) is 0 Å². The predicted octanol–water partition coefficient (Wildman–Crippen LogP) is 2.39. The molecule has 0 saturated heterocycles. The van der Waals surface area contributed by atoms with Gasteiger partial charge in [0.1, 0.15) is 0 Å². The fourth-order valence-electron chi connectivity index (χ4n) is 1.95. The van der Waals surface area contributed by atoms with E-state index in [-0.39, 0.29) is 6.04 Å². The van der Waals surface area contributed by atoms with E-state index in [4.69, 9.17) is 11.6 Å². The highest BCUT2D eigenvalue weighted by atomic mass is 35.5. The zero-order chi connectivity index (χ0) is 13.3. The maximum Gasteiger partial charge on any atom is 0.331 e. The lowest BCUT2D eigenvalue weighted by Crippen LogP contribution is -2.34. The quantitative estimate of drug-likeness (QED) is 0.834. The van der Waals surface area contributed by atoms with E-state index in [1.54, 1.807) is 18.2 Å². The second kappa shape index (κ2) is 4.98. The van der Waals surface area contributed by atoms with E-state index in [2.05, 4.69) is 0 Å². The van der Waals surface area contributed by atoms with Crippen LogP contribution in [0.2, 0.25) is 5.02 Å². The molecule has 0 aliphatic heterocycles. The van der Waals surface area contributed by atoms with Crippen LogP contribution in [0, 0.1) is 6.92 Å². The number of carbonyl (C=O) groups is 2. The number of halogens is 1. The Kier molecular flexibility index (Phi) is 3.57. The number of carbonyl (C=O) groups excluding carboxylic acids is 1. The minimum Gasteiger partial charge on any atom is -0.479 e.